The van der Waals surface area contributed by atoms with Crippen molar-refractivity contribution in [2.45, 2.75) is 6.92 Å². The number of nitrogens with zero attached hydrogens (tertiary/aromatic N) is 3. The highest BCUT2D eigenvalue weighted by molar-refractivity contribution is 6.31. The van der Waals surface area contributed by atoms with Crippen molar-refractivity contribution in [1.82, 2.24) is 14.0 Å². The van der Waals surface area contributed by atoms with Crippen LogP contribution in [-0.4, -0.2) is 20.7 Å². The molecule has 0 fully saturated rings. The quantitative estimate of drug-likeness (QED) is 0.531. The maximum atomic E-state index is 13.0. The van der Waals surface area contributed by atoms with Crippen LogP contribution in [-0.2, 0) is 0 Å². The highest BCUT2D eigenvalue weighted by Gasteiger charge is 2.16. The molecular formula is C20H14ClN3O3. The van der Waals surface area contributed by atoms with Crippen LogP contribution in [0.15, 0.2) is 59.8 Å². The van der Waals surface area contributed by atoms with E-state index < -0.39 is 0 Å². The second-order valence-electron chi connectivity index (χ2n) is 6.28. The van der Waals surface area contributed by atoms with Gasteiger partial charge >= 0.3 is 0 Å². The van der Waals surface area contributed by atoms with E-state index in [1.165, 1.54) is 0 Å². The van der Waals surface area contributed by atoms with Gasteiger partial charge in [0.15, 0.2) is 11.5 Å². The molecule has 0 radical (unpaired) electrons. The maximum absolute atomic E-state index is 13.0. The molecule has 0 saturated heterocycles. The van der Waals surface area contributed by atoms with Crippen LogP contribution >= 0.6 is 11.6 Å². The Kier molecular flexibility index (Phi) is 3.48. The molecule has 0 atom stereocenters. The molecule has 2 aromatic heterocycles. The zero-order chi connectivity index (χ0) is 18.5. The number of benzene rings is 2. The fourth-order valence-corrected chi connectivity index (χ4v) is 3.39. The Balaban J connectivity index is 1.66. The van der Waals surface area contributed by atoms with Crippen LogP contribution in [0, 0.1) is 6.92 Å². The Morgan fingerprint density at radius 1 is 1.11 bits per heavy atom. The molecule has 27 heavy (non-hydrogen) atoms. The molecule has 5 rings (SSSR count). The predicted octanol–water partition coefficient (Wildman–Crippen LogP) is 3.84. The third-order valence-corrected chi connectivity index (χ3v) is 5.10. The van der Waals surface area contributed by atoms with Gasteiger partial charge in [-0.15, -0.1) is 0 Å². The molecule has 0 spiro atoms. The Hall–Kier alpha value is -3.25. The molecule has 6 nitrogen and oxygen atoms in total. The van der Waals surface area contributed by atoms with Gasteiger partial charge in [0.25, 0.3) is 5.56 Å². The lowest BCUT2D eigenvalue weighted by molar-refractivity contribution is 0.174. The standard InChI is InChI=1S/C20H14ClN3O3/c1-12-14(21)3-2-4-16(12)24-8-7-23-10-15(22-19(23)20(24)25)13-5-6-17-18(9-13)27-11-26-17/h2-10H,11H2,1H3. The number of halogens is 1. The van der Waals surface area contributed by atoms with Gasteiger partial charge in [0.2, 0.25) is 12.4 Å². The fraction of sp³-hybridized carbons (Fsp3) is 0.100. The van der Waals surface area contributed by atoms with Gasteiger partial charge in [0.05, 0.1) is 11.4 Å². The van der Waals surface area contributed by atoms with Gasteiger partial charge in [-0.3, -0.25) is 9.36 Å². The first-order valence-corrected chi connectivity index (χ1v) is 8.75. The van der Waals surface area contributed by atoms with Crippen molar-refractivity contribution in [1.29, 1.82) is 0 Å². The first-order chi connectivity index (χ1) is 13.1. The highest BCUT2D eigenvalue weighted by Crippen LogP contribution is 2.35. The zero-order valence-electron chi connectivity index (χ0n) is 14.3. The van der Waals surface area contributed by atoms with Crippen molar-refractivity contribution in [2.24, 2.45) is 0 Å². The van der Waals surface area contributed by atoms with Crippen LogP contribution in [0.4, 0.5) is 0 Å². The van der Waals surface area contributed by atoms with E-state index in [2.05, 4.69) is 4.98 Å². The average Bonchev–Trinajstić information content (AvgIpc) is 3.31. The summed E-state index contributed by atoms with van der Waals surface area (Å²) < 4.78 is 14.0. The van der Waals surface area contributed by atoms with E-state index in [-0.39, 0.29) is 12.4 Å². The minimum absolute atomic E-state index is 0.213. The van der Waals surface area contributed by atoms with E-state index in [0.717, 1.165) is 16.8 Å². The summed E-state index contributed by atoms with van der Waals surface area (Å²) >= 11 is 6.21. The summed E-state index contributed by atoms with van der Waals surface area (Å²) in [6.07, 6.45) is 5.35. The van der Waals surface area contributed by atoms with Crippen LogP contribution in [0.3, 0.4) is 0 Å². The summed E-state index contributed by atoms with van der Waals surface area (Å²) in [5.74, 6) is 1.39. The number of rotatable bonds is 2. The third-order valence-electron chi connectivity index (χ3n) is 4.69. The van der Waals surface area contributed by atoms with Gasteiger partial charge in [-0.05, 0) is 42.8 Å². The van der Waals surface area contributed by atoms with Gasteiger partial charge in [0.1, 0.15) is 0 Å². The van der Waals surface area contributed by atoms with E-state index in [4.69, 9.17) is 21.1 Å². The second kappa shape index (κ2) is 5.89. The summed E-state index contributed by atoms with van der Waals surface area (Å²) in [5, 5.41) is 0.615. The predicted molar refractivity (Wildman–Crippen MR) is 102 cm³/mol. The highest BCUT2D eigenvalue weighted by atomic mass is 35.5. The molecule has 4 aromatic rings. The van der Waals surface area contributed by atoms with Crippen molar-refractivity contribution >= 4 is 17.2 Å². The summed E-state index contributed by atoms with van der Waals surface area (Å²) in [5.41, 5.74) is 3.24. The van der Waals surface area contributed by atoms with Crippen LogP contribution in [0.2, 0.25) is 5.02 Å². The van der Waals surface area contributed by atoms with Gasteiger partial charge in [-0.25, -0.2) is 4.98 Å². The molecule has 2 aromatic carbocycles. The van der Waals surface area contributed by atoms with Crippen molar-refractivity contribution in [2.75, 3.05) is 6.79 Å². The van der Waals surface area contributed by atoms with E-state index >= 15 is 0 Å². The van der Waals surface area contributed by atoms with Crippen molar-refractivity contribution in [3.05, 3.63) is 75.9 Å². The van der Waals surface area contributed by atoms with Crippen LogP contribution < -0.4 is 15.0 Å². The number of hydrogen-bond donors (Lipinski definition) is 0. The molecule has 0 unspecified atom stereocenters. The topological polar surface area (TPSA) is 57.8 Å². The Labute approximate surface area is 159 Å². The minimum Gasteiger partial charge on any atom is -0.454 e. The molecule has 1 aliphatic heterocycles. The van der Waals surface area contributed by atoms with Gasteiger partial charge < -0.3 is 13.9 Å². The van der Waals surface area contributed by atoms with Crippen LogP contribution in [0.25, 0.3) is 22.6 Å². The van der Waals surface area contributed by atoms with Crippen molar-refractivity contribution in [3.63, 3.8) is 0 Å². The third kappa shape index (κ3) is 2.49. The summed E-state index contributed by atoms with van der Waals surface area (Å²) in [7, 11) is 0. The lowest BCUT2D eigenvalue weighted by Gasteiger charge is -2.10. The molecule has 0 amide bonds. The molecule has 0 saturated carbocycles. The molecule has 7 heteroatoms. The molecule has 1 aliphatic rings. The maximum Gasteiger partial charge on any atom is 0.298 e. The normalized spacial score (nSPS) is 12.7. The molecular weight excluding hydrogens is 366 g/mol. The van der Waals surface area contributed by atoms with E-state index in [1.807, 2.05) is 43.5 Å². The first kappa shape index (κ1) is 16.0. The van der Waals surface area contributed by atoms with E-state index in [9.17, 15) is 4.79 Å². The van der Waals surface area contributed by atoms with E-state index in [1.54, 1.807) is 27.4 Å². The molecule has 134 valence electrons. The number of fused-ring (bicyclic) bond motifs is 2. The lowest BCUT2D eigenvalue weighted by atomic mass is 10.1. The first-order valence-electron chi connectivity index (χ1n) is 8.38. The van der Waals surface area contributed by atoms with Crippen LogP contribution in [0.1, 0.15) is 5.56 Å². The summed E-state index contributed by atoms with van der Waals surface area (Å²) in [6.45, 7) is 2.10. The van der Waals surface area contributed by atoms with Gasteiger partial charge in [-0.2, -0.15) is 0 Å². The van der Waals surface area contributed by atoms with Crippen molar-refractivity contribution < 1.29 is 9.47 Å². The van der Waals surface area contributed by atoms with Gasteiger partial charge in [0, 0.05) is 29.2 Å². The Morgan fingerprint density at radius 2 is 1.96 bits per heavy atom. The second-order valence-corrected chi connectivity index (χ2v) is 6.69. The Morgan fingerprint density at radius 3 is 2.85 bits per heavy atom. The largest absolute Gasteiger partial charge is 0.454 e. The molecule has 0 bridgehead atoms. The smallest absolute Gasteiger partial charge is 0.298 e. The number of hydrogen-bond acceptors (Lipinski definition) is 4. The van der Waals surface area contributed by atoms with Crippen LogP contribution in [0.5, 0.6) is 11.5 Å². The minimum atomic E-state index is -0.213. The van der Waals surface area contributed by atoms with E-state index in [0.29, 0.717) is 27.9 Å². The Bertz CT molecular complexity index is 1260. The number of ether oxygens (including phenoxy) is 2. The monoisotopic (exact) mass is 379 g/mol. The summed E-state index contributed by atoms with van der Waals surface area (Å²) in [4.78, 5) is 17.6. The SMILES string of the molecule is Cc1c(Cl)cccc1-n1ccn2cc(-c3ccc4c(c3)OCO4)nc2c1=O. The lowest BCUT2D eigenvalue weighted by Crippen LogP contribution is -2.20. The molecule has 0 aliphatic carbocycles. The fourth-order valence-electron chi connectivity index (χ4n) is 3.22. The average molecular weight is 380 g/mol. The molecule has 3 heterocycles. The zero-order valence-corrected chi connectivity index (χ0v) is 15.1. The number of imidazole rings is 1. The number of aromatic nitrogens is 3. The summed E-state index contributed by atoms with van der Waals surface area (Å²) in [6, 6.07) is 11.1. The van der Waals surface area contributed by atoms with Crippen molar-refractivity contribution in [3.8, 4) is 28.4 Å². The molecule has 0 N–H and O–H groups in total. The van der Waals surface area contributed by atoms with Gasteiger partial charge in [-0.1, -0.05) is 17.7 Å².